The van der Waals surface area contributed by atoms with E-state index in [-0.39, 0.29) is 17.3 Å². The minimum absolute atomic E-state index is 0.0867. The van der Waals surface area contributed by atoms with E-state index in [1.165, 1.54) is 0 Å². The first-order valence-electron chi connectivity index (χ1n) is 7.43. The normalized spacial score (nSPS) is 22.8. The van der Waals surface area contributed by atoms with Gasteiger partial charge in [-0.3, -0.25) is 0 Å². The molecule has 1 heterocycles. The zero-order valence-electron chi connectivity index (χ0n) is 12.5. The lowest BCUT2D eigenvalue weighted by molar-refractivity contribution is 0.177. The number of hydrogen-bond acceptors (Lipinski definition) is 5. The molecule has 5 nitrogen and oxygen atoms in total. The lowest BCUT2D eigenvalue weighted by Crippen LogP contribution is -2.42. The van der Waals surface area contributed by atoms with Crippen LogP contribution >= 0.6 is 0 Å². The van der Waals surface area contributed by atoms with Crippen LogP contribution in [0.4, 0.5) is 5.69 Å². The Morgan fingerprint density at radius 3 is 2.39 bits per heavy atom. The van der Waals surface area contributed by atoms with E-state index in [0.29, 0.717) is 12.2 Å². The summed E-state index contributed by atoms with van der Waals surface area (Å²) in [5, 5.41) is 20.0. The monoisotopic (exact) mass is 333 g/mol. The number of benzene rings is 2. The molecule has 0 bridgehead atoms. The fourth-order valence-electron chi connectivity index (χ4n) is 2.96. The van der Waals surface area contributed by atoms with Gasteiger partial charge in [0.15, 0.2) is 9.84 Å². The maximum atomic E-state index is 11.9. The number of sulfone groups is 1. The molecule has 1 fully saturated rings. The summed E-state index contributed by atoms with van der Waals surface area (Å²) in [6.07, 6.45) is -0.939. The molecule has 0 radical (unpaired) electrons. The molecule has 2 aromatic carbocycles. The first kappa shape index (κ1) is 15.8. The van der Waals surface area contributed by atoms with Crippen molar-refractivity contribution in [2.45, 2.75) is 18.7 Å². The fraction of sp³-hybridized carbons (Fsp3) is 0.294. The third-order valence-electron chi connectivity index (χ3n) is 4.05. The van der Waals surface area contributed by atoms with Crippen LogP contribution in [0, 0.1) is 0 Å². The van der Waals surface area contributed by atoms with E-state index in [2.05, 4.69) is 0 Å². The third-order valence-corrected chi connectivity index (χ3v) is 5.75. The molecule has 122 valence electrons. The highest BCUT2D eigenvalue weighted by Gasteiger charge is 2.40. The molecule has 1 aliphatic heterocycles. The molecule has 0 amide bonds. The summed E-state index contributed by atoms with van der Waals surface area (Å²) in [6.45, 7) is 0.460. The van der Waals surface area contributed by atoms with Crippen LogP contribution in [0.25, 0.3) is 0 Å². The van der Waals surface area contributed by atoms with Crippen molar-refractivity contribution in [3.8, 4) is 5.75 Å². The second-order valence-corrected chi connectivity index (χ2v) is 8.00. The van der Waals surface area contributed by atoms with E-state index in [9.17, 15) is 18.6 Å². The summed E-state index contributed by atoms with van der Waals surface area (Å²) in [6, 6.07) is 15.8. The van der Waals surface area contributed by atoms with Crippen molar-refractivity contribution in [1.82, 2.24) is 0 Å². The molecule has 1 aliphatic rings. The molecule has 0 unspecified atom stereocenters. The summed E-state index contributed by atoms with van der Waals surface area (Å²) in [7, 11) is -3.25. The van der Waals surface area contributed by atoms with Crippen molar-refractivity contribution in [3.05, 3.63) is 60.2 Å². The Kier molecular flexibility index (Phi) is 4.28. The standard InChI is InChI=1S/C17H19NO4S/c19-15-8-4-7-14(9-15)18(10-13-5-2-1-3-6-13)16-11-23(21,22)12-17(16)20/h1-9,16-17,19-20H,10-12H2/t16-,17-/m0/s1. The zero-order chi connectivity index (χ0) is 16.4. The summed E-state index contributed by atoms with van der Waals surface area (Å²) >= 11 is 0. The number of aliphatic hydroxyl groups excluding tert-OH is 1. The Balaban J connectivity index is 1.96. The van der Waals surface area contributed by atoms with Gasteiger partial charge < -0.3 is 15.1 Å². The molecule has 0 aromatic heterocycles. The molecular weight excluding hydrogens is 314 g/mol. The lowest BCUT2D eigenvalue weighted by atomic mass is 10.1. The van der Waals surface area contributed by atoms with Gasteiger partial charge in [0.1, 0.15) is 5.75 Å². The quantitative estimate of drug-likeness (QED) is 0.888. The Hall–Kier alpha value is -2.05. The van der Waals surface area contributed by atoms with E-state index in [0.717, 1.165) is 5.56 Å². The number of hydrogen-bond donors (Lipinski definition) is 2. The molecule has 1 saturated heterocycles. The topological polar surface area (TPSA) is 77.8 Å². The first-order chi connectivity index (χ1) is 10.9. The second-order valence-electron chi connectivity index (χ2n) is 5.84. The van der Waals surface area contributed by atoms with Gasteiger partial charge in [-0.25, -0.2) is 8.42 Å². The molecule has 0 spiro atoms. The molecule has 0 aliphatic carbocycles. The minimum Gasteiger partial charge on any atom is -0.508 e. The van der Waals surface area contributed by atoms with Gasteiger partial charge in [0.2, 0.25) is 0 Å². The molecule has 2 aromatic rings. The van der Waals surface area contributed by atoms with Crippen LogP contribution < -0.4 is 4.90 Å². The second kappa shape index (κ2) is 6.22. The van der Waals surface area contributed by atoms with Crippen LogP contribution in [-0.4, -0.2) is 42.3 Å². The van der Waals surface area contributed by atoms with Crippen molar-refractivity contribution in [1.29, 1.82) is 0 Å². The predicted molar refractivity (Wildman–Crippen MR) is 89.2 cm³/mol. The van der Waals surface area contributed by atoms with Gasteiger partial charge in [0.25, 0.3) is 0 Å². The Morgan fingerprint density at radius 1 is 1.04 bits per heavy atom. The van der Waals surface area contributed by atoms with Gasteiger partial charge in [0, 0.05) is 18.3 Å². The zero-order valence-corrected chi connectivity index (χ0v) is 13.4. The average Bonchev–Trinajstić information content (AvgIpc) is 2.78. The van der Waals surface area contributed by atoms with Gasteiger partial charge in [-0.15, -0.1) is 0 Å². The van der Waals surface area contributed by atoms with Crippen LogP contribution in [0.2, 0.25) is 0 Å². The summed E-state index contributed by atoms with van der Waals surface area (Å²) in [5.74, 6) is -0.200. The Labute approximate surface area is 135 Å². The highest BCUT2D eigenvalue weighted by atomic mass is 32.2. The van der Waals surface area contributed by atoms with Crippen molar-refractivity contribution < 1.29 is 18.6 Å². The molecule has 6 heteroatoms. The minimum atomic E-state index is -3.25. The number of anilines is 1. The van der Waals surface area contributed by atoms with Crippen molar-refractivity contribution in [2.75, 3.05) is 16.4 Å². The largest absolute Gasteiger partial charge is 0.508 e. The molecule has 2 N–H and O–H groups in total. The van der Waals surface area contributed by atoms with Gasteiger partial charge in [0.05, 0.1) is 23.7 Å². The Morgan fingerprint density at radius 2 is 1.78 bits per heavy atom. The maximum absolute atomic E-state index is 11.9. The Bertz CT molecular complexity index is 776. The molecule has 23 heavy (non-hydrogen) atoms. The van der Waals surface area contributed by atoms with Crippen molar-refractivity contribution in [3.63, 3.8) is 0 Å². The maximum Gasteiger partial charge on any atom is 0.155 e. The number of phenols is 1. The molecule has 2 atom stereocenters. The first-order valence-corrected chi connectivity index (χ1v) is 9.25. The van der Waals surface area contributed by atoms with Crippen molar-refractivity contribution in [2.24, 2.45) is 0 Å². The highest BCUT2D eigenvalue weighted by molar-refractivity contribution is 7.91. The van der Waals surface area contributed by atoms with Gasteiger partial charge in [-0.05, 0) is 17.7 Å². The van der Waals surface area contributed by atoms with E-state index in [4.69, 9.17) is 0 Å². The fourth-order valence-corrected chi connectivity index (χ4v) is 4.76. The third kappa shape index (κ3) is 3.65. The predicted octanol–water partition coefficient (Wildman–Crippen LogP) is 1.56. The summed E-state index contributed by atoms with van der Waals surface area (Å²) in [4.78, 5) is 1.85. The molecule has 3 rings (SSSR count). The van der Waals surface area contributed by atoms with E-state index in [1.54, 1.807) is 24.3 Å². The number of aromatic hydroxyl groups is 1. The van der Waals surface area contributed by atoms with Crippen molar-refractivity contribution >= 4 is 15.5 Å². The summed E-state index contributed by atoms with van der Waals surface area (Å²) < 4.78 is 23.7. The van der Waals surface area contributed by atoms with Crippen LogP contribution in [0.3, 0.4) is 0 Å². The average molecular weight is 333 g/mol. The van der Waals surface area contributed by atoms with E-state index >= 15 is 0 Å². The smallest absolute Gasteiger partial charge is 0.155 e. The number of aliphatic hydroxyl groups is 1. The van der Waals surface area contributed by atoms with Gasteiger partial charge in [-0.1, -0.05) is 36.4 Å². The summed E-state index contributed by atoms with van der Waals surface area (Å²) in [5.41, 5.74) is 1.70. The molecule has 0 saturated carbocycles. The lowest BCUT2D eigenvalue weighted by Gasteiger charge is -2.32. The SMILES string of the molecule is O=S1(=O)C[C@H](O)[C@@H](N(Cc2ccccc2)c2cccc(O)c2)C1. The van der Waals surface area contributed by atoms with Gasteiger partial charge in [-0.2, -0.15) is 0 Å². The number of nitrogens with zero attached hydrogens (tertiary/aromatic N) is 1. The van der Waals surface area contributed by atoms with Crippen LogP contribution in [0.5, 0.6) is 5.75 Å². The van der Waals surface area contributed by atoms with E-state index < -0.39 is 22.0 Å². The van der Waals surface area contributed by atoms with Crippen LogP contribution in [0.1, 0.15) is 5.56 Å². The number of phenolic OH excluding ortho intramolecular Hbond substituents is 1. The van der Waals surface area contributed by atoms with E-state index in [1.807, 2.05) is 35.2 Å². The number of rotatable bonds is 4. The molecular formula is C17H19NO4S. The van der Waals surface area contributed by atoms with Crippen LogP contribution in [0.15, 0.2) is 54.6 Å². The van der Waals surface area contributed by atoms with Gasteiger partial charge >= 0.3 is 0 Å². The van der Waals surface area contributed by atoms with Crippen LogP contribution in [-0.2, 0) is 16.4 Å². The highest BCUT2D eigenvalue weighted by Crippen LogP contribution is 2.28.